The predicted molar refractivity (Wildman–Crippen MR) is 76.8 cm³/mol. The molecule has 7 nitrogen and oxygen atoms in total. The molecule has 1 saturated heterocycles. The molecule has 0 bridgehead atoms. The number of hydrogen-bond acceptors (Lipinski definition) is 4. The molecule has 1 aliphatic heterocycles. The van der Waals surface area contributed by atoms with E-state index in [1.165, 1.54) is 9.80 Å². The topological polar surface area (TPSA) is 95.0 Å². The molecule has 0 atom stereocenters. The molecule has 1 aliphatic carbocycles. The van der Waals surface area contributed by atoms with E-state index < -0.39 is 15.8 Å². The van der Waals surface area contributed by atoms with Crippen LogP contribution >= 0.6 is 0 Å². The Morgan fingerprint density at radius 2 is 1.76 bits per heavy atom. The van der Waals surface area contributed by atoms with E-state index in [1.54, 1.807) is 0 Å². The van der Waals surface area contributed by atoms with Crippen LogP contribution in [-0.2, 0) is 14.6 Å². The summed E-state index contributed by atoms with van der Waals surface area (Å²) >= 11 is 0. The standard InChI is InChI=1S/C13H22N2O5S/c16-12(17)10-15(11-4-1-2-5-11)13(18)14-6-3-8-21(19,20)9-7-14/h11H,1-10H2,(H,16,17). The predicted octanol–water partition coefficient (Wildman–Crippen LogP) is 0.556. The summed E-state index contributed by atoms with van der Waals surface area (Å²) in [4.78, 5) is 26.5. The highest BCUT2D eigenvalue weighted by atomic mass is 32.2. The quantitative estimate of drug-likeness (QED) is 0.820. The van der Waals surface area contributed by atoms with Crippen LogP contribution in [0.25, 0.3) is 0 Å². The van der Waals surface area contributed by atoms with Crippen molar-refractivity contribution in [3.05, 3.63) is 0 Å². The molecule has 1 heterocycles. The van der Waals surface area contributed by atoms with E-state index >= 15 is 0 Å². The molecular weight excluding hydrogens is 296 g/mol. The minimum absolute atomic E-state index is 0.0338. The molecule has 0 aromatic rings. The van der Waals surface area contributed by atoms with E-state index in [0.717, 1.165) is 25.7 Å². The summed E-state index contributed by atoms with van der Waals surface area (Å²) < 4.78 is 23.2. The maximum absolute atomic E-state index is 12.6. The second-order valence-corrected chi connectivity index (χ2v) is 8.04. The SMILES string of the molecule is O=C(O)CN(C(=O)N1CCCS(=O)(=O)CC1)C1CCCC1. The van der Waals surface area contributed by atoms with Gasteiger partial charge >= 0.3 is 12.0 Å². The first-order valence-electron chi connectivity index (χ1n) is 7.37. The van der Waals surface area contributed by atoms with Crippen molar-refractivity contribution in [2.75, 3.05) is 31.1 Å². The zero-order valence-electron chi connectivity index (χ0n) is 12.0. The Labute approximate surface area is 124 Å². The number of amides is 2. The molecule has 120 valence electrons. The van der Waals surface area contributed by atoms with Crippen molar-refractivity contribution >= 4 is 21.8 Å². The maximum Gasteiger partial charge on any atom is 0.323 e. The van der Waals surface area contributed by atoms with Gasteiger partial charge in [-0.05, 0) is 19.3 Å². The highest BCUT2D eigenvalue weighted by Crippen LogP contribution is 2.24. The van der Waals surface area contributed by atoms with Crippen LogP contribution in [0.3, 0.4) is 0 Å². The third-order valence-corrected chi connectivity index (χ3v) is 5.86. The summed E-state index contributed by atoms with van der Waals surface area (Å²) in [6.07, 6.45) is 4.07. The highest BCUT2D eigenvalue weighted by molar-refractivity contribution is 7.91. The van der Waals surface area contributed by atoms with E-state index in [0.29, 0.717) is 13.0 Å². The molecule has 0 aromatic heterocycles. The van der Waals surface area contributed by atoms with Crippen molar-refractivity contribution in [1.29, 1.82) is 0 Å². The molecule has 2 aliphatic rings. The van der Waals surface area contributed by atoms with E-state index in [1.807, 2.05) is 0 Å². The van der Waals surface area contributed by atoms with Gasteiger partial charge < -0.3 is 14.9 Å². The molecule has 21 heavy (non-hydrogen) atoms. The molecule has 8 heteroatoms. The molecule has 0 spiro atoms. The summed E-state index contributed by atoms with van der Waals surface area (Å²) in [5.74, 6) is -0.971. The Kier molecular flexibility index (Phi) is 5.08. The van der Waals surface area contributed by atoms with E-state index in [9.17, 15) is 18.0 Å². The smallest absolute Gasteiger partial charge is 0.323 e. The molecule has 2 amide bonds. The van der Waals surface area contributed by atoms with E-state index in [-0.39, 0.29) is 36.7 Å². The van der Waals surface area contributed by atoms with Gasteiger partial charge in [0.2, 0.25) is 0 Å². The Bertz CT molecular complexity index is 499. The van der Waals surface area contributed by atoms with Gasteiger partial charge in [-0.1, -0.05) is 12.8 Å². The van der Waals surface area contributed by atoms with Crippen LogP contribution in [0.4, 0.5) is 4.79 Å². The van der Waals surface area contributed by atoms with Gasteiger partial charge in [0.25, 0.3) is 0 Å². The fourth-order valence-corrected chi connectivity index (χ4v) is 4.30. The number of carbonyl (C=O) groups is 2. The summed E-state index contributed by atoms with van der Waals surface area (Å²) in [5, 5.41) is 9.02. The molecule has 1 N–H and O–H groups in total. The summed E-state index contributed by atoms with van der Waals surface area (Å²) in [6, 6.07) is -0.366. The molecule has 2 fully saturated rings. The second kappa shape index (κ2) is 6.64. The average Bonchev–Trinajstić information content (AvgIpc) is 2.86. The first-order valence-corrected chi connectivity index (χ1v) is 9.19. The van der Waals surface area contributed by atoms with Gasteiger partial charge in [0, 0.05) is 19.1 Å². The van der Waals surface area contributed by atoms with Gasteiger partial charge in [-0.2, -0.15) is 0 Å². The molecule has 0 unspecified atom stereocenters. The zero-order chi connectivity index (χ0) is 15.5. The number of nitrogens with zero attached hydrogens (tertiary/aromatic N) is 2. The Morgan fingerprint density at radius 3 is 2.38 bits per heavy atom. The first-order chi connectivity index (χ1) is 9.89. The number of carboxylic acids is 1. The number of carboxylic acid groups (broad SMARTS) is 1. The second-order valence-electron chi connectivity index (χ2n) is 5.73. The third kappa shape index (κ3) is 4.33. The van der Waals surface area contributed by atoms with Crippen molar-refractivity contribution in [3.63, 3.8) is 0 Å². The fraction of sp³-hybridized carbons (Fsp3) is 0.846. The van der Waals surface area contributed by atoms with Crippen LogP contribution in [0.5, 0.6) is 0 Å². The van der Waals surface area contributed by atoms with Gasteiger partial charge in [0.15, 0.2) is 9.84 Å². The van der Waals surface area contributed by atoms with Gasteiger partial charge in [0.1, 0.15) is 6.54 Å². The number of urea groups is 1. The summed E-state index contributed by atoms with van der Waals surface area (Å²) in [5.41, 5.74) is 0. The van der Waals surface area contributed by atoms with Crippen molar-refractivity contribution in [3.8, 4) is 0 Å². The Hall–Kier alpha value is -1.31. The average molecular weight is 318 g/mol. The normalized spacial score (nSPS) is 22.8. The first kappa shape index (κ1) is 16.1. The lowest BCUT2D eigenvalue weighted by molar-refractivity contribution is -0.138. The monoisotopic (exact) mass is 318 g/mol. The largest absolute Gasteiger partial charge is 0.480 e. The van der Waals surface area contributed by atoms with Crippen LogP contribution < -0.4 is 0 Å². The molecule has 0 radical (unpaired) electrons. The van der Waals surface area contributed by atoms with Crippen molar-refractivity contribution < 1.29 is 23.1 Å². The van der Waals surface area contributed by atoms with Gasteiger partial charge in [0.05, 0.1) is 11.5 Å². The molecule has 1 saturated carbocycles. The number of aliphatic carboxylic acids is 1. The van der Waals surface area contributed by atoms with E-state index in [4.69, 9.17) is 5.11 Å². The summed E-state index contributed by atoms with van der Waals surface area (Å²) in [7, 11) is -3.08. The molecular formula is C13H22N2O5S. The molecule has 0 aromatic carbocycles. The van der Waals surface area contributed by atoms with Crippen molar-refractivity contribution in [2.45, 2.75) is 38.1 Å². The highest BCUT2D eigenvalue weighted by Gasteiger charge is 2.32. The Balaban J connectivity index is 2.07. The minimum Gasteiger partial charge on any atom is -0.480 e. The number of hydrogen-bond donors (Lipinski definition) is 1. The van der Waals surface area contributed by atoms with Crippen LogP contribution in [0.2, 0.25) is 0 Å². The lowest BCUT2D eigenvalue weighted by atomic mass is 10.2. The maximum atomic E-state index is 12.6. The van der Waals surface area contributed by atoms with Crippen LogP contribution in [0, 0.1) is 0 Å². The van der Waals surface area contributed by atoms with Crippen LogP contribution in [-0.4, -0.2) is 72.5 Å². The fourth-order valence-electron chi connectivity index (χ4n) is 3.03. The van der Waals surface area contributed by atoms with Crippen LogP contribution in [0.15, 0.2) is 0 Å². The number of rotatable bonds is 3. The minimum atomic E-state index is -3.08. The van der Waals surface area contributed by atoms with Gasteiger partial charge in [-0.3, -0.25) is 4.79 Å². The van der Waals surface area contributed by atoms with Gasteiger partial charge in [-0.25, -0.2) is 13.2 Å². The van der Waals surface area contributed by atoms with E-state index in [2.05, 4.69) is 0 Å². The van der Waals surface area contributed by atoms with Crippen molar-refractivity contribution in [2.24, 2.45) is 0 Å². The van der Waals surface area contributed by atoms with Crippen molar-refractivity contribution in [1.82, 2.24) is 9.80 Å². The number of sulfone groups is 1. The molecule has 2 rings (SSSR count). The van der Waals surface area contributed by atoms with Gasteiger partial charge in [-0.15, -0.1) is 0 Å². The lowest BCUT2D eigenvalue weighted by Gasteiger charge is -2.32. The summed E-state index contributed by atoms with van der Waals surface area (Å²) in [6.45, 7) is 0.220. The Morgan fingerprint density at radius 1 is 1.10 bits per heavy atom. The third-order valence-electron chi connectivity index (χ3n) is 4.14. The lowest BCUT2D eigenvalue weighted by Crippen LogP contribution is -2.50. The van der Waals surface area contributed by atoms with Crippen LogP contribution in [0.1, 0.15) is 32.1 Å². The zero-order valence-corrected chi connectivity index (χ0v) is 12.8. The number of carbonyl (C=O) groups excluding carboxylic acids is 1.